The van der Waals surface area contributed by atoms with Crippen LogP contribution in [-0.4, -0.2) is 18.1 Å². The van der Waals surface area contributed by atoms with Gasteiger partial charge in [0.2, 0.25) is 0 Å². The average molecular weight is 234 g/mol. The van der Waals surface area contributed by atoms with Gasteiger partial charge < -0.3 is 10.5 Å². The summed E-state index contributed by atoms with van der Waals surface area (Å²) in [6.45, 7) is 0. The first-order valence-corrected chi connectivity index (χ1v) is 4.25. The van der Waals surface area contributed by atoms with E-state index in [0.717, 1.165) is 7.11 Å². The fourth-order valence-corrected chi connectivity index (χ4v) is 1.06. The molecular weight excluding hydrogens is 225 g/mol. The number of alkyl halides is 2. The second-order valence-electron chi connectivity index (χ2n) is 2.94. The number of halogens is 3. The minimum atomic E-state index is -2.92. The summed E-state index contributed by atoms with van der Waals surface area (Å²) >= 11 is 0. The molecule has 1 heterocycles. The van der Waals surface area contributed by atoms with Crippen LogP contribution in [0.25, 0.3) is 0 Å². The maximum absolute atomic E-state index is 13.2. The molecule has 1 aromatic rings. The van der Waals surface area contributed by atoms with Crippen LogP contribution in [0.3, 0.4) is 0 Å². The smallest absolute Gasteiger partial charge is 0.311 e. The predicted molar refractivity (Wildman–Crippen MR) is 49.3 cm³/mol. The van der Waals surface area contributed by atoms with Gasteiger partial charge in [0.25, 0.3) is 6.43 Å². The molecule has 0 bridgehead atoms. The molecule has 0 aromatic carbocycles. The van der Waals surface area contributed by atoms with Gasteiger partial charge in [0, 0.05) is 6.07 Å². The second-order valence-corrected chi connectivity index (χ2v) is 2.94. The van der Waals surface area contributed by atoms with Gasteiger partial charge in [0.15, 0.2) is 0 Å². The SMILES string of the molecule is COC(=O)Cc1nc(C(F)F)c(N)cc1F. The van der Waals surface area contributed by atoms with E-state index in [1.165, 1.54) is 0 Å². The standard InChI is InChI=1S/C9H9F3N2O2/c1-16-7(15)3-6-4(10)2-5(13)8(14-6)9(11)12/h2,9H,3,13H2,1H3. The lowest BCUT2D eigenvalue weighted by molar-refractivity contribution is -0.139. The van der Waals surface area contributed by atoms with Crippen molar-refractivity contribution < 1.29 is 22.7 Å². The van der Waals surface area contributed by atoms with Crippen LogP contribution in [-0.2, 0) is 16.0 Å². The molecular formula is C9H9F3N2O2. The molecule has 1 rings (SSSR count). The Bertz CT molecular complexity index is 410. The maximum Gasteiger partial charge on any atom is 0.311 e. The number of nitrogens with zero attached hydrogens (tertiary/aromatic N) is 1. The van der Waals surface area contributed by atoms with Crippen LogP contribution in [0.2, 0.25) is 0 Å². The predicted octanol–water partition coefficient (Wildman–Crippen LogP) is 1.46. The first-order valence-electron chi connectivity index (χ1n) is 4.25. The van der Waals surface area contributed by atoms with Crippen LogP contribution in [0.5, 0.6) is 0 Å². The third kappa shape index (κ3) is 2.62. The lowest BCUT2D eigenvalue weighted by atomic mass is 10.2. The Morgan fingerprint density at radius 1 is 1.62 bits per heavy atom. The summed E-state index contributed by atoms with van der Waals surface area (Å²) in [4.78, 5) is 14.2. The van der Waals surface area contributed by atoms with Gasteiger partial charge in [-0.15, -0.1) is 0 Å². The van der Waals surface area contributed by atoms with E-state index in [4.69, 9.17) is 5.73 Å². The third-order valence-corrected chi connectivity index (χ3v) is 1.86. The topological polar surface area (TPSA) is 65.2 Å². The molecule has 0 atom stereocenters. The van der Waals surface area contributed by atoms with E-state index < -0.39 is 41.7 Å². The van der Waals surface area contributed by atoms with Gasteiger partial charge in [-0.3, -0.25) is 4.79 Å². The molecule has 4 nitrogen and oxygen atoms in total. The first kappa shape index (κ1) is 12.3. The number of aromatic nitrogens is 1. The summed E-state index contributed by atoms with van der Waals surface area (Å²) < 4.78 is 42.2. The summed E-state index contributed by atoms with van der Waals surface area (Å²) in [6, 6.07) is 0.715. The van der Waals surface area contributed by atoms with Gasteiger partial charge in [-0.1, -0.05) is 0 Å². The molecule has 0 fully saturated rings. The van der Waals surface area contributed by atoms with Crippen molar-refractivity contribution in [3.63, 3.8) is 0 Å². The molecule has 7 heteroatoms. The molecule has 16 heavy (non-hydrogen) atoms. The highest BCUT2D eigenvalue weighted by Crippen LogP contribution is 2.24. The molecule has 2 N–H and O–H groups in total. The minimum absolute atomic E-state index is 0.406. The Balaban J connectivity index is 3.09. The lowest BCUT2D eigenvalue weighted by Gasteiger charge is -2.07. The van der Waals surface area contributed by atoms with Gasteiger partial charge >= 0.3 is 5.97 Å². The summed E-state index contributed by atoms with van der Waals surface area (Å²) in [5.41, 5.74) is 3.57. The molecule has 0 radical (unpaired) electrons. The highest BCUT2D eigenvalue weighted by atomic mass is 19.3. The summed E-state index contributed by atoms with van der Waals surface area (Å²) in [5, 5.41) is 0. The van der Waals surface area contributed by atoms with Crippen LogP contribution >= 0.6 is 0 Å². The van der Waals surface area contributed by atoms with Crippen molar-refractivity contribution in [3.05, 3.63) is 23.3 Å². The number of methoxy groups -OCH3 is 1. The van der Waals surface area contributed by atoms with E-state index in [9.17, 15) is 18.0 Å². The number of carbonyl (C=O) groups excluding carboxylic acids is 1. The monoisotopic (exact) mass is 234 g/mol. The Labute approximate surface area is 89.2 Å². The molecule has 1 aromatic heterocycles. The number of hydrogen-bond acceptors (Lipinski definition) is 4. The van der Waals surface area contributed by atoms with Crippen molar-refractivity contribution in [2.45, 2.75) is 12.8 Å². The second kappa shape index (κ2) is 4.82. The van der Waals surface area contributed by atoms with Crippen molar-refractivity contribution in [3.8, 4) is 0 Å². The lowest BCUT2D eigenvalue weighted by Crippen LogP contribution is -2.11. The zero-order chi connectivity index (χ0) is 12.3. The first-order chi connectivity index (χ1) is 7.45. The molecule has 0 saturated carbocycles. The van der Waals surface area contributed by atoms with Crippen LogP contribution in [0.15, 0.2) is 6.07 Å². The van der Waals surface area contributed by atoms with E-state index in [0.29, 0.717) is 6.07 Å². The van der Waals surface area contributed by atoms with Crippen molar-refractivity contribution in [1.82, 2.24) is 4.98 Å². The van der Waals surface area contributed by atoms with Gasteiger partial charge in [-0.2, -0.15) is 0 Å². The summed E-state index contributed by atoms with van der Waals surface area (Å²) in [6.07, 6.45) is -3.43. The van der Waals surface area contributed by atoms with Crippen LogP contribution < -0.4 is 5.73 Å². The van der Waals surface area contributed by atoms with E-state index in [1.54, 1.807) is 0 Å². The van der Waals surface area contributed by atoms with Crippen molar-refractivity contribution in [2.75, 3.05) is 12.8 Å². The number of esters is 1. The number of carbonyl (C=O) groups is 1. The molecule has 0 aliphatic carbocycles. The molecule has 0 unspecified atom stereocenters. The largest absolute Gasteiger partial charge is 0.469 e. The zero-order valence-electron chi connectivity index (χ0n) is 8.34. The molecule has 0 aliphatic rings. The van der Waals surface area contributed by atoms with E-state index in [-0.39, 0.29) is 0 Å². The number of nitrogen functional groups attached to an aromatic ring is 1. The van der Waals surface area contributed by atoms with E-state index in [1.807, 2.05) is 0 Å². The zero-order valence-corrected chi connectivity index (χ0v) is 8.34. The minimum Gasteiger partial charge on any atom is -0.469 e. The van der Waals surface area contributed by atoms with Crippen molar-refractivity contribution in [1.29, 1.82) is 0 Å². The Morgan fingerprint density at radius 2 is 2.25 bits per heavy atom. The number of ether oxygens (including phenoxy) is 1. The van der Waals surface area contributed by atoms with Crippen molar-refractivity contribution >= 4 is 11.7 Å². The van der Waals surface area contributed by atoms with Crippen LogP contribution in [0.1, 0.15) is 17.8 Å². The highest BCUT2D eigenvalue weighted by Gasteiger charge is 2.19. The third-order valence-electron chi connectivity index (χ3n) is 1.86. The van der Waals surface area contributed by atoms with E-state index in [2.05, 4.69) is 9.72 Å². The Morgan fingerprint density at radius 3 is 2.75 bits per heavy atom. The van der Waals surface area contributed by atoms with E-state index >= 15 is 0 Å². The quantitative estimate of drug-likeness (QED) is 0.804. The average Bonchev–Trinajstić information content (AvgIpc) is 2.21. The molecule has 0 aliphatic heterocycles. The number of nitrogens with two attached hydrogens (primary N) is 1. The Hall–Kier alpha value is -1.79. The van der Waals surface area contributed by atoms with Crippen LogP contribution in [0, 0.1) is 5.82 Å². The van der Waals surface area contributed by atoms with Gasteiger partial charge in [-0.25, -0.2) is 18.2 Å². The maximum atomic E-state index is 13.2. The summed E-state index contributed by atoms with van der Waals surface area (Å²) in [5.74, 6) is -1.68. The fraction of sp³-hybridized carbons (Fsp3) is 0.333. The number of anilines is 1. The normalized spacial score (nSPS) is 10.6. The molecule has 0 saturated heterocycles. The van der Waals surface area contributed by atoms with Crippen molar-refractivity contribution in [2.24, 2.45) is 0 Å². The number of pyridine rings is 1. The highest BCUT2D eigenvalue weighted by molar-refractivity contribution is 5.72. The van der Waals surface area contributed by atoms with Gasteiger partial charge in [-0.05, 0) is 0 Å². The van der Waals surface area contributed by atoms with Crippen LogP contribution in [0.4, 0.5) is 18.9 Å². The van der Waals surface area contributed by atoms with Gasteiger partial charge in [0.05, 0.1) is 24.9 Å². The molecule has 0 amide bonds. The Kier molecular flexibility index (Phi) is 3.70. The molecule has 88 valence electrons. The number of rotatable bonds is 3. The van der Waals surface area contributed by atoms with Gasteiger partial charge in [0.1, 0.15) is 11.5 Å². The number of hydrogen-bond donors (Lipinski definition) is 1. The molecule has 0 spiro atoms. The fourth-order valence-electron chi connectivity index (χ4n) is 1.06. The summed E-state index contributed by atoms with van der Waals surface area (Å²) in [7, 11) is 1.10.